The second kappa shape index (κ2) is 11.0. The Kier molecular flexibility index (Phi) is 7.05. The molecule has 4 aromatic carbocycles. The van der Waals surface area contributed by atoms with E-state index < -0.39 is 52.5 Å². The fraction of sp³-hybridized carbons (Fsp3) is 0.278. The molecule has 3 heterocycles. The molecule has 4 aromatic rings. The summed E-state index contributed by atoms with van der Waals surface area (Å²) in [4.78, 5) is 43.3. The molecule has 5 atom stereocenters. The van der Waals surface area contributed by atoms with Gasteiger partial charge in [-0.1, -0.05) is 90.5 Å². The molecule has 0 N–H and O–H groups in total. The number of methoxy groups -OCH3 is 2. The van der Waals surface area contributed by atoms with Crippen LogP contribution in [0.1, 0.15) is 46.3 Å². The normalized spacial score (nSPS) is 25.8. The van der Waals surface area contributed by atoms with E-state index in [-0.39, 0.29) is 12.3 Å². The summed E-state index contributed by atoms with van der Waals surface area (Å²) < 4.78 is 24.1. The van der Waals surface area contributed by atoms with Gasteiger partial charge >= 0.3 is 5.97 Å². The monoisotopic (exact) mass is 620 g/mol. The first-order chi connectivity index (χ1) is 22.3. The number of benzene rings is 4. The summed E-state index contributed by atoms with van der Waals surface area (Å²) in [5.74, 6) is -1.80. The van der Waals surface area contributed by atoms with Crippen LogP contribution in [0.2, 0.25) is 0 Å². The maximum absolute atomic E-state index is 15.2. The largest absolute Gasteiger partial charge is 0.493 e. The number of nitro groups is 1. The molecule has 0 aromatic heterocycles. The molecule has 1 saturated heterocycles. The number of rotatable bonds is 7. The molecule has 0 aliphatic carbocycles. The molecule has 10 nitrogen and oxygen atoms in total. The van der Waals surface area contributed by atoms with Gasteiger partial charge in [0, 0.05) is 16.1 Å². The number of nitrogens with zero attached hydrogens (tertiary/aromatic N) is 2. The summed E-state index contributed by atoms with van der Waals surface area (Å²) in [5.41, 5.74) is -0.184. The first-order valence-electron chi connectivity index (χ1n) is 15.0. The summed E-state index contributed by atoms with van der Waals surface area (Å²) >= 11 is 0. The van der Waals surface area contributed by atoms with Crippen LogP contribution in [0.25, 0.3) is 0 Å². The molecular formula is C36H32N2O8. The predicted octanol–water partition coefficient (Wildman–Crippen LogP) is 5.64. The smallest absolute Gasteiger partial charge is 0.309 e. The number of para-hydroxylation sites is 2. The highest BCUT2D eigenvalue weighted by Crippen LogP contribution is 2.69. The fourth-order valence-corrected chi connectivity index (χ4v) is 7.54. The molecule has 3 aliphatic heterocycles. The standard InChI is InChI=1S/C36H32N2O8/c1-22-16-18-24(19-17-22)32-35(38(41)42)29(20-30(39)44-3)45-31-25(12-9-15-28(31)43-2)33(35)46-36(32)26-13-7-8-14-27(26)37(34(36)40)21-23-10-5-4-6-11-23/h4-19,29,32-33H,20-21H2,1-3H3/t29-,32+,33+,35-,36-/m1/s1. The quantitative estimate of drug-likeness (QED) is 0.148. The lowest BCUT2D eigenvalue weighted by molar-refractivity contribution is -0.593. The van der Waals surface area contributed by atoms with Crippen molar-refractivity contribution in [2.24, 2.45) is 0 Å². The van der Waals surface area contributed by atoms with Gasteiger partial charge in [-0.2, -0.15) is 0 Å². The lowest BCUT2D eigenvalue weighted by Gasteiger charge is -2.41. The SMILES string of the molecule is COC(=O)C[C@H]1Oc2c(OC)cccc2[C@@H]2O[C@@]3(C(=O)N(Cc4ccccc4)c4ccccc43)[C@@H](c3ccc(C)cc3)[C@]12[N+](=O)[O-]. The fourth-order valence-electron chi connectivity index (χ4n) is 7.54. The van der Waals surface area contributed by atoms with Gasteiger partial charge in [-0.15, -0.1) is 0 Å². The van der Waals surface area contributed by atoms with E-state index in [0.717, 1.165) is 11.1 Å². The third kappa shape index (κ3) is 4.06. The van der Waals surface area contributed by atoms with Crippen molar-refractivity contribution in [1.82, 2.24) is 0 Å². The van der Waals surface area contributed by atoms with Gasteiger partial charge in [0.05, 0.1) is 32.9 Å². The van der Waals surface area contributed by atoms with Gasteiger partial charge < -0.3 is 23.8 Å². The Balaban J connectivity index is 1.54. The van der Waals surface area contributed by atoms with Crippen molar-refractivity contribution in [3.63, 3.8) is 0 Å². The van der Waals surface area contributed by atoms with E-state index in [4.69, 9.17) is 18.9 Å². The number of fused-ring (bicyclic) bond motifs is 5. The van der Waals surface area contributed by atoms with Crippen LogP contribution in [-0.2, 0) is 31.2 Å². The minimum absolute atomic E-state index is 0.223. The van der Waals surface area contributed by atoms with Crippen LogP contribution in [0.4, 0.5) is 5.69 Å². The Morgan fingerprint density at radius 2 is 1.67 bits per heavy atom. The number of aryl methyl sites for hydroxylation is 1. The van der Waals surface area contributed by atoms with E-state index in [2.05, 4.69) is 0 Å². The van der Waals surface area contributed by atoms with Crippen molar-refractivity contribution in [1.29, 1.82) is 0 Å². The van der Waals surface area contributed by atoms with Crippen molar-refractivity contribution in [2.75, 3.05) is 19.1 Å². The second-order valence-corrected chi connectivity index (χ2v) is 11.9. The zero-order valence-corrected chi connectivity index (χ0v) is 25.5. The van der Waals surface area contributed by atoms with E-state index in [0.29, 0.717) is 28.1 Å². The molecule has 7 rings (SSSR count). The van der Waals surface area contributed by atoms with Crippen LogP contribution < -0.4 is 14.4 Å². The first kappa shape index (κ1) is 29.5. The topological polar surface area (TPSA) is 117 Å². The third-order valence-electron chi connectivity index (χ3n) is 9.53. The van der Waals surface area contributed by atoms with E-state index in [9.17, 15) is 14.9 Å². The maximum atomic E-state index is 15.2. The molecule has 46 heavy (non-hydrogen) atoms. The number of anilines is 1. The van der Waals surface area contributed by atoms with Crippen LogP contribution in [-0.4, -0.2) is 42.7 Å². The molecule has 0 saturated carbocycles. The number of carbonyl (C=O) groups excluding carboxylic acids is 2. The van der Waals surface area contributed by atoms with Crippen molar-refractivity contribution < 1.29 is 33.5 Å². The molecule has 234 valence electrons. The Hall–Kier alpha value is -5.22. The van der Waals surface area contributed by atoms with E-state index in [1.807, 2.05) is 61.5 Å². The Morgan fingerprint density at radius 1 is 0.957 bits per heavy atom. The first-order valence-corrected chi connectivity index (χ1v) is 15.0. The van der Waals surface area contributed by atoms with Gasteiger partial charge in [0.2, 0.25) is 0 Å². The number of hydrogen-bond acceptors (Lipinski definition) is 8. The van der Waals surface area contributed by atoms with Gasteiger partial charge in [0.1, 0.15) is 5.92 Å². The minimum Gasteiger partial charge on any atom is -0.493 e. The summed E-state index contributed by atoms with van der Waals surface area (Å²) in [5, 5.41) is 13.9. The Labute approximate surface area is 265 Å². The number of hydrogen-bond donors (Lipinski definition) is 0. The highest BCUT2D eigenvalue weighted by atomic mass is 16.7. The number of ether oxygens (including phenoxy) is 4. The van der Waals surface area contributed by atoms with Crippen LogP contribution in [0.3, 0.4) is 0 Å². The predicted molar refractivity (Wildman–Crippen MR) is 167 cm³/mol. The van der Waals surface area contributed by atoms with Gasteiger partial charge in [0.15, 0.2) is 29.3 Å². The van der Waals surface area contributed by atoms with Crippen LogP contribution in [0.5, 0.6) is 11.5 Å². The van der Waals surface area contributed by atoms with Crippen LogP contribution >= 0.6 is 0 Å². The van der Waals surface area contributed by atoms with E-state index >= 15 is 4.79 Å². The molecule has 3 aliphatic rings. The molecule has 1 spiro atoms. The number of esters is 1. The third-order valence-corrected chi connectivity index (χ3v) is 9.53. The second-order valence-electron chi connectivity index (χ2n) is 11.9. The molecular weight excluding hydrogens is 588 g/mol. The summed E-state index contributed by atoms with van der Waals surface area (Å²) in [7, 11) is 2.69. The van der Waals surface area contributed by atoms with Crippen molar-refractivity contribution in [2.45, 2.75) is 49.2 Å². The molecule has 1 fully saturated rings. The lowest BCUT2D eigenvalue weighted by Crippen LogP contribution is -2.61. The van der Waals surface area contributed by atoms with Crippen molar-refractivity contribution in [3.05, 3.63) is 135 Å². The molecule has 0 bridgehead atoms. The Bertz CT molecular complexity index is 1840. The van der Waals surface area contributed by atoms with Gasteiger partial charge in [-0.05, 0) is 30.2 Å². The zero-order chi connectivity index (χ0) is 32.2. The van der Waals surface area contributed by atoms with Gasteiger partial charge in [0.25, 0.3) is 11.4 Å². The minimum atomic E-state index is -2.14. The Morgan fingerprint density at radius 3 is 2.37 bits per heavy atom. The summed E-state index contributed by atoms with van der Waals surface area (Å²) in [6.45, 7) is 2.14. The van der Waals surface area contributed by atoms with E-state index in [1.54, 1.807) is 47.4 Å². The average molecular weight is 621 g/mol. The molecule has 1 amide bonds. The highest BCUT2D eigenvalue weighted by molar-refractivity contribution is 6.08. The number of carbonyl (C=O) groups is 2. The summed E-state index contributed by atoms with van der Waals surface area (Å²) in [6, 6.07) is 29.2. The van der Waals surface area contributed by atoms with Crippen molar-refractivity contribution >= 4 is 17.6 Å². The highest BCUT2D eigenvalue weighted by Gasteiger charge is 2.82. The van der Waals surface area contributed by atoms with Crippen molar-refractivity contribution in [3.8, 4) is 11.5 Å². The lowest BCUT2D eigenvalue weighted by atomic mass is 9.63. The van der Waals surface area contributed by atoms with Crippen LogP contribution in [0.15, 0.2) is 97.1 Å². The number of amides is 1. The summed E-state index contributed by atoms with van der Waals surface area (Å²) in [6.07, 6.45) is -3.16. The van der Waals surface area contributed by atoms with Crippen LogP contribution in [0, 0.1) is 17.0 Å². The van der Waals surface area contributed by atoms with Gasteiger partial charge in [-0.3, -0.25) is 19.7 Å². The maximum Gasteiger partial charge on any atom is 0.309 e. The molecule has 10 heteroatoms. The van der Waals surface area contributed by atoms with Gasteiger partial charge in [-0.25, -0.2) is 0 Å². The molecule has 0 radical (unpaired) electrons. The van der Waals surface area contributed by atoms with E-state index in [1.165, 1.54) is 14.2 Å². The average Bonchev–Trinajstić information content (AvgIpc) is 3.53. The molecule has 0 unspecified atom stereocenters. The zero-order valence-electron chi connectivity index (χ0n) is 25.5.